The van der Waals surface area contributed by atoms with E-state index in [9.17, 15) is 10.2 Å². The zero-order valence-electron chi connectivity index (χ0n) is 45.3. The van der Waals surface area contributed by atoms with Crippen LogP contribution in [-0.4, -0.2) is 161 Å². The van der Waals surface area contributed by atoms with Crippen molar-refractivity contribution in [1.29, 1.82) is 0 Å². The number of para-hydroxylation sites is 2. The molecular weight excluding hydrogens is 939 g/mol. The molecule has 0 radical (unpaired) electrons. The van der Waals surface area contributed by atoms with Gasteiger partial charge in [-0.2, -0.15) is 0 Å². The Hall–Kier alpha value is -6.72. The monoisotopic (exact) mass is 1020 g/mol. The van der Waals surface area contributed by atoms with E-state index < -0.39 is 0 Å². The summed E-state index contributed by atoms with van der Waals surface area (Å²) < 4.78 is 6.27. The van der Waals surface area contributed by atoms with Gasteiger partial charge in [0.25, 0.3) is 0 Å². The number of piperazine rings is 3. The molecule has 2 aromatic heterocycles. The molecule has 1 spiro atoms. The second-order valence-corrected chi connectivity index (χ2v) is 20.0. The van der Waals surface area contributed by atoms with Crippen LogP contribution in [0.3, 0.4) is 0 Å². The molecule has 0 unspecified atom stereocenters. The molecule has 11 rings (SSSR count). The average Bonchev–Trinajstić information content (AvgIpc) is 4.20. The molecule has 4 aromatic carbocycles. The minimum atomic E-state index is 0.0870. The van der Waals surface area contributed by atoms with Crippen molar-refractivity contribution in [2.45, 2.75) is 78.6 Å². The first-order valence-corrected chi connectivity index (χ1v) is 27.4. The van der Waals surface area contributed by atoms with E-state index >= 15 is 0 Å². The third kappa shape index (κ3) is 13.6. The Labute approximate surface area is 445 Å². The molecule has 5 fully saturated rings. The predicted octanol–water partition coefficient (Wildman–Crippen LogP) is 8.32. The first-order valence-electron chi connectivity index (χ1n) is 27.4. The largest absolute Gasteiger partial charge is 0.507 e. The topological polar surface area (TPSA) is 176 Å². The number of aromatic hydroxyl groups is 2. The zero-order valence-corrected chi connectivity index (χ0v) is 45.3. The van der Waals surface area contributed by atoms with Crippen LogP contribution in [0.25, 0.3) is 22.5 Å². The zero-order chi connectivity index (χ0) is 52.9. The summed E-state index contributed by atoms with van der Waals surface area (Å²) in [7, 11) is 2.20. The molecule has 6 heterocycles. The van der Waals surface area contributed by atoms with Crippen molar-refractivity contribution in [2.24, 2.45) is 0 Å². The van der Waals surface area contributed by atoms with Crippen molar-refractivity contribution in [2.75, 3.05) is 125 Å². The summed E-state index contributed by atoms with van der Waals surface area (Å²) in [6.45, 7) is 26.7. The number of anilines is 5. The number of hydrogen-bond acceptors (Lipinski definition) is 16. The molecule has 6 N–H and O–H groups in total. The van der Waals surface area contributed by atoms with Gasteiger partial charge in [-0.25, -0.2) is 0 Å². The van der Waals surface area contributed by atoms with Gasteiger partial charge >= 0.3 is 0 Å². The highest BCUT2D eigenvalue weighted by Crippen LogP contribution is 2.48. The number of likely N-dealkylation sites (N-methyl/N-ethyl adjacent to an activating group) is 1. The molecule has 1 saturated carbocycles. The van der Waals surface area contributed by atoms with Gasteiger partial charge in [0.2, 0.25) is 0 Å². The first kappa shape index (κ1) is 54.5. The maximum atomic E-state index is 10.3. The highest BCUT2D eigenvalue weighted by Gasteiger charge is 2.52. The predicted molar refractivity (Wildman–Crippen MR) is 306 cm³/mol. The number of nitrogens with zero attached hydrogens (tertiary/aromatic N) is 11. The summed E-state index contributed by atoms with van der Waals surface area (Å²) >= 11 is 0. The van der Waals surface area contributed by atoms with Crippen LogP contribution < -0.4 is 30.9 Å². The normalized spacial score (nSPS) is 17.9. The summed E-state index contributed by atoms with van der Waals surface area (Å²) in [5, 5.41) is 37.3. The lowest BCUT2D eigenvalue weighted by molar-refractivity contribution is 0.127. The van der Waals surface area contributed by atoms with Crippen LogP contribution >= 0.6 is 0 Å². The van der Waals surface area contributed by atoms with Crippen molar-refractivity contribution in [3.63, 3.8) is 0 Å². The van der Waals surface area contributed by atoms with Gasteiger partial charge in [0.05, 0.1) is 41.4 Å². The highest BCUT2D eigenvalue weighted by molar-refractivity contribution is 5.76. The molecule has 5 aliphatic rings. The molecule has 1 aliphatic carbocycles. The second-order valence-electron chi connectivity index (χ2n) is 20.0. The smallest absolute Gasteiger partial charge is 0.169 e. The number of phenolic OH excluding ortho intramolecular Hbond substituents is 2. The van der Waals surface area contributed by atoms with E-state index in [1.54, 1.807) is 24.3 Å². The minimum absolute atomic E-state index is 0.0870. The van der Waals surface area contributed by atoms with Gasteiger partial charge in [-0.1, -0.05) is 83.1 Å². The van der Waals surface area contributed by atoms with Gasteiger partial charge < -0.3 is 50.9 Å². The quantitative estimate of drug-likeness (QED) is 0.0868. The van der Waals surface area contributed by atoms with Gasteiger partial charge in [0.1, 0.15) is 23.4 Å². The number of rotatable bonds is 13. The van der Waals surface area contributed by atoms with Gasteiger partial charge in [0.15, 0.2) is 11.6 Å². The van der Waals surface area contributed by atoms with E-state index in [2.05, 4.69) is 111 Å². The lowest BCUT2D eigenvalue weighted by atomic mass is 10.1. The maximum absolute atomic E-state index is 10.3. The van der Waals surface area contributed by atoms with Crippen LogP contribution in [0.4, 0.5) is 28.7 Å². The first-order chi connectivity index (χ1) is 36.6. The number of ether oxygens (including phenoxy) is 1. The lowest BCUT2D eigenvalue weighted by Crippen LogP contribution is -2.55. The molecule has 4 aliphatic heterocycles. The van der Waals surface area contributed by atoms with Gasteiger partial charge in [-0.05, 0) is 105 Å². The average molecular weight is 1020 g/mol. The molecule has 0 amide bonds. The van der Waals surface area contributed by atoms with Crippen LogP contribution in [-0.2, 0) is 13.1 Å². The maximum Gasteiger partial charge on any atom is 0.169 e. The fourth-order valence-corrected chi connectivity index (χ4v) is 10.5. The Balaban J connectivity index is 0.000000187. The van der Waals surface area contributed by atoms with Gasteiger partial charge in [0, 0.05) is 102 Å². The lowest BCUT2D eigenvalue weighted by Gasteiger charge is -2.45. The fraction of sp³-hybridized carbons (Fsp3) is 0.458. The van der Waals surface area contributed by atoms with Crippen molar-refractivity contribution >= 4 is 28.7 Å². The van der Waals surface area contributed by atoms with Crippen LogP contribution in [0.5, 0.6) is 17.2 Å². The van der Waals surface area contributed by atoms with Crippen molar-refractivity contribution in [3.05, 3.63) is 120 Å². The summed E-state index contributed by atoms with van der Waals surface area (Å²) in [5.74, 6) is 2.09. The number of benzene rings is 4. The Morgan fingerprint density at radius 1 is 0.573 bits per heavy atom. The fourth-order valence-electron chi connectivity index (χ4n) is 10.5. The van der Waals surface area contributed by atoms with Crippen LogP contribution in [0.2, 0.25) is 0 Å². The van der Waals surface area contributed by atoms with Crippen molar-refractivity contribution in [3.8, 4) is 39.8 Å². The standard InChI is InChI=1S/C28H35N7O.C27H34N6O2.2C2H6/c1-32-11-13-33(14-12-32)19-21-5-4-6-22(17-21)35-16-15-34(20-28(35)9-10-28)25-18-24(30-31-27(25)29)23-7-2-3-8-26(23)36;1-2-10-31-11-13-32(14-12-31)17-20-6-5-7-21(15-20)35-22-18-33(19-22)25-16-24(29-30-27(25)28)23-8-3-4-9-26(23)34;2*1-2/h2-8,17-18,36H,9-16,19-20H2,1H3,(H2,29,31);3-9,15-16,22,34H,2,10-14,17-19H2,1H3,(H2,28,30);2*1-2H3. The summed E-state index contributed by atoms with van der Waals surface area (Å²) in [6, 6.07) is 35.8. The third-order valence-corrected chi connectivity index (χ3v) is 14.8. The number of nitrogen functional groups attached to an aromatic ring is 2. The van der Waals surface area contributed by atoms with Crippen molar-refractivity contribution < 1.29 is 14.9 Å². The summed E-state index contributed by atoms with van der Waals surface area (Å²) in [4.78, 5) is 17.1. The molecule has 0 bridgehead atoms. The Morgan fingerprint density at radius 2 is 1.09 bits per heavy atom. The van der Waals surface area contributed by atoms with Gasteiger partial charge in [-0.3, -0.25) is 9.80 Å². The van der Waals surface area contributed by atoms with E-state index in [0.29, 0.717) is 34.2 Å². The summed E-state index contributed by atoms with van der Waals surface area (Å²) in [6.07, 6.45) is 3.66. The molecular formula is C59H81N13O3. The molecule has 6 aromatic rings. The molecule has 16 heteroatoms. The van der Waals surface area contributed by atoms with Gasteiger partial charge in [-0.15, -0.1) is 20.4 Å². The van der Waals surface area contributed by atoms with E-state index in [0.717, 1.165) is 115 Å². The molecule has 0 atom stereocenters. The van der Waals surface area contributed by atoms with E-state index in [1.807, 2.05) is 70.2 Å². The van der Waals surface area contributed by atoms with Crippen LogP contribution in [0, 0.1) is 0 Å². The minimum Gasteiger partial charge on any atom is -0.507 e. The van der Waals surface area contributed by atoms with Crippen LogP contribution in [0.1, 0.15) is 65.0 Å². The molecule has 400 valence electrons. The second kappa shape index (κ2) is 25.7. The molecule has 16 nitrogen and oxygen atoms in total. The Bertz CT molecular complexity index is 2750. The number of aromatic nitrogens is 4. The highest BCUT2D eigenvalue weighted by atomic mass is 16.5. The molecule has 4 saturated heterocycles. The number of nitrogens with two attached hydrogens (primary N) is 2. The van der Waals surface area contributed by atoms with E-state index in [-0.39, 0.29) is 23.1 Å². The SMILES string of the molecule is CC.CC.CCCN1CCN(Cc2cccc(OC3CN(c4cc(-c5ccccc5O)nnc4N)C3)c2)CC1.CN1CCN(Cc2cccc(N3CCN(c4cc(-c5ccccc5O)nnc4N)CC34CC4)c2)CC1. The van der Waals surface area contributed by atoms with E-state index in [4.69, 9.17) is 16.2 Å². The Morgan fingerprint density at radius 3 is 1.65 bits per heavy atom. The Kier molecular flexibility index (Phi) is 18.7. The summed E-state index contributed by atoms with van der Waals surface area (Å²) in [5.41, 5.74) is 20.8. The van der Waals surface area contributed by atoms with Crippen molar-refractivity contribution in [1.82, 2.24) is 40.0 Å². The number of phenols is 2. The third-order valence-electron chi connectivity index (χ3n) is 14.8. The van der Waals surface area contributed by atoms with Crippen LogP contribution in [0.15, 0.2) is 109 Å². The molecule has 75 heavy (non-hydrogen) atoms. The van der Waals surface area contributed by atoms with E-state index in [1.165, 1.54) is 42.6 Å². The number of hydrogen-bond donors (Lipinski definition) is 4.